The van der Waals surface area contributed by atoms with Crippen LogP contribution in [0.5, 0.6) is 11.6 Å². The van der Waals surface area contributed by atoms with Crippen LogP contribution < -0.4 is 10.1 Å². The molecule has 0 unspecified atom stereocenters. The number of hydrogen-bond acceptors (Lipinski definition) is 6. The summed E-state index contributed by atoms with van der Waals surface area (Å²) in [5, 5.41) is 19.2. The molecule has 0 bridgehead atoms. The van der Waals surface area contributed by atoms with Crippen molar-refractivity contribution in [1.82, 2.24) is 20.0 Å². The smallest absolute Gasteiger partial charge is 0.256 e. The van der Waals surface area contributed by atoms with Crippen LogP contribution in [0, 0.1) is 13.8 Å². The first-order chi connectivity index (χ1) is 13.6. The van der Waals surface area contributed by atoms with E-state index in [4.69, 9.17) is 4.74 Å². The predicted molar refractivity (Wildman–Crippen MR) is 107 cm³/mol. The van der Waals surface area contributed by atoms with Crippen LogP contribution >= 0.6 is 11.3 Å². The number of benzene rings is 1. The number of carbonyl (C=O) groups excluding carboxylic acids is 1. The van der Waals surface area contributed by atoms with Crippen molar-refractivity contribution in [3.63, 3.8) is 0 Å². The lowest BCUT2D eigenvalue weighted by Gasteiger charge is -2.07. The molecule has 0 aliphatic carbocycles. The van der Waals surface area contributed by atoms with Crippen molar-refractivity contribution < 1.29 is 9.53 Å². The first-order valence-electron chi connectivity index (χ1n) is 8.57. The molecule has 4 aromatic rings. The Morgan fingerprint density at radius 1 is 1.07 bits per heavy atom. The van der Waals surface area contributed by atoms with Gasteiger partial charge in [-0.3, -0.25) is 4.79 Å². The topological polar surface area (TPSA) is 81.9 Å². The Kier molecular flexibility index (Phi) is 4.86. The van der Waals surface area contributed by atoms with Gasteiger partial charge in [-0.1, -0.05) is 0 Å². The largest absolute Gasteiger partial charge is 0.438 e. The molecule has 0 spiro atoms. The maximum Gasteiger partial charge on any atom is 0.256 e. The van der Waals surface area contributed by atoms with Gasteiger partial charge >= 0.3 is 0 Å². The van der Waals surface area contributed by atoms with Gasteiger partial charge in [0.25, 0.3) is 5.91 Å². The second-order valence-corrected chi connectivity index (χ2v) is 6.94. The summed E-state index contributed by atoms with van der Waals surface area (Å²) in [7, 11) is 0. The molecule has 0 atom stereocenters. The van der Waals surface area contributed by atoms with Crippen molar-refractivity contribution in [3.8, 4) is 17.4 Å². The molecular formula is C20H17N5O2S. The van der Waals surface area contributed by atoms with Gasteiger partial charge in [-0.25, -0.2) is 4.68 Å². The molecule has 3 aromatic heterocycles. The van der Waals surface area contributed by atoms with E-state index in [1.165, 1.54) is 11.3 Å². The zero-order chi connectivity index (χ0) is 19.5. The third-order valence-corrected chi connectivity index (χ3v) is 4.65. The Bertz CT molecular complexity index is 1090. The number of ether oxygens (including phenoxy) is 1. The molecule has 28 heavy (non-hydrogen) atoms. The second-order valence-electron chi connectivity index (χ2n) is 6.16. The van der Waals surface area contributed by atoms with E-state index in [0.29, 0.717) is 28.7 Å². The minimum atomic E-state index is -0.138. The lowest BCUT2D eigenvalue weighted by Crippen LogP contribution is -2.10. The molecule has 0 fully saturated rings. The van der Waals surface area contributed by atoms with Crippen LogP contribution in [-0.4, -0.2) is 25.9 Å². The number of nitrogens with zero attached hydrogens (tertiary/aromatic N) is 4. The molecule has 7 nitrogen and oxygen atoms in total. The van der Waals surface area contributed by atoms with E-state index in [1.54, 1.807) is 52.5 Å². The van der Waals surface area contributed by atoms with Gasteiger partial charge in [-0.2, -0.15) is 16.4 Å². The van der Waals surface area contributed by atoms with E-state index in [1.807, 2.05) is 25.3 Å². The third kappa shape index (κ3) is 3.91. The summed E-state index contributed by atoms with van der Waals surface area (Å²) >= 11 is 1.48. The summed E-state index contributed by atoms with van der Waals surface area (Å²) in [6.07, 6.45) is 0. The van der Waals surface area contributed by atoms with E-state index >= 15 is 0 Å². The molecule has 1 amide bonds. The van der Waals surface area contributed by atoms with Gasteiger partial charge in [-0.05, 0) is 61.7 Å². The van der Waals surface area contributed by atoms with Gasteiger partial charge in [0.15, 0.2) is 5.82 Å². The van der Waals surface area contributed by atoms with Crippen LogP contribution in [0.1, 0.15) is 21.7 Å². The number of hydrogen-bond donors (Lipinski definition) is 1. The van der Waals surface area contributed by atoms with Crippen LogP contribution in [0.25, 0.3) is 5.82 Å². The fourth-order valence-corrected chi connectivity index (χ4v) is 3.30. The summed E-state index contributed by atoms with van der Waals surface area (Å²) in [4.78, 5) is 12.1. The van der Waals surface area contributed by atoms with E-state index < -0.39 is 0 Å². The van der Waals surface area contributed by atoms with E-state index in [9.17, 15) is 4.79 Å². The standard InChI is InChI=1S/C20H17N5O2S/c1-13-11-14(2)25(24-13)18-7-8-19(23-22-18)27-17-5-3-16(4-6-17)21-20(26)15-9-10-28-12-15/h3-12H,1-2H3,(H,21,26). The van der Waals surface area contributed by atoms with Crippen LogP contribution in [0.3, 0.4) is 0 Å². The number of rotatable bonds is 5. The molecule has 1 N–H and O–H groups in total. The Morgan fingerprint density at radius 3 is 2.50 bits per heavy atom. The average Bonchev–Trinajstić information content (AvgIpc) is 3.34. The van der Waals surface area contributed by atoms with Crippen LogP contribution in [0.2, 0.25) is 0 Å². The number of anilines is 1. The Morgan fingerprint density at radius 2 is 1.89 bits per heavy atom. The minimum Gasteiger partial charge on any atom is -0.438 e. The van der Waals surface area contributed by atoms with E-state index in [0.717, 1.165) is 11.4 Å². The Labute approximate surface area is 165 Å². The average molecular weight is 391 g/mol. The summed E-state index contributed by atoms with van der Waals surface area (Å²) in [6, 6.07) is 14.4. The van der Waals surface area contributed by atoms with Crippen molar-refractivity contribution in [2.24, 2.45) is 0 Å². The highest BCUT2D eigenvalue weighted by Gasteiger charge is 2.08. The second kappa shape index (κ2) is 7.61. The maximum absolute atomic E-state index is 12.1. The predicted octanol–water partition coefficient (Wildman–Crippen LogP) is 4.39. The third-order valence-electron chi connectivity index (χ3n) is 3.97. The van der Waals surface area contributed by atoms with Crippen molar-refractivity contribution in [1.29, 1.82) is 0 Å². The SMILES string of the molecule is Cc1cc(C)n(-c2ccc(Oc3ccc(NC(=O)c4ccsc4)cc3)nn2)n1. The highest BCUT2D eigenvalue weighted by molar-refractivity contribution is 7.08. The molecule has 0 radical (unpaired) electrons. The van der Waals surface area contributed by atoms with Gasteiger partial charge < -0.3 is 10.1 Å². The van der Waals surface area contributed by atoms with E-state index in [-0.39, 0.29) is 5.91 Å². The maximum atomic E-state index is 12.1. The zero-order valence-corrected chi connectivity index (χ0v) is 16.1. The number of aromatic nitrogens is 4. The highest BCUT2D eigenvalue weighted by atomic mass is 32.1. The number of thiophene rings is 1. The molecule has 4 rings (SSSR count). The van der Waals surface area contributed by atoms with Crippen LogP contribution in [-0.2, 0) is 0 Å². The van der Waals surface area contributed by atoms with E-state index in [2.05, 4.69) is 20.6 Å². The number of carbonyl (C=O) groups is 1. The first kappa shape index (κ1) is 17.9. The Hall–Kier alpha value is -3.52. The van der Waals surface area contributed by atoms with Gasteiger partial charge in [0.1, 0.15) is 5.75 Å². The fourth-order valence-electron chi connectivity index (χ4n) is 2.67. The lowest BCUT2D eigenvalue weighted by molar-refractivity contribution is 0.102. The molecule has 0 aliphatic rings. The molecule has 3 heterocycles. The molecule has 8 heteroatoms. The highest BCUT2D eigenvalue weighted by Crippen LogP contribution is 2.22. The summed E-state index contributed by atoms with van der Waals surface area (Å²) < 4.78 is 7.46. The molecule has 1 aromatic carbocycles. The lowest BCUT2D eigenvalue weighted by atomic mass is 10.2. The molecule has 0 saturated carbocycles. The van der Waals surface area contributed by atoms with Crippen molar-refractivity contribution >= 4 is 22.9 Å². The number of aryl methyl sites for hydroxylation is 2. The fraction of sp³-hybridized carbons (Fsp3) is 0.100. The Balaban J connectivity index is 1.41. The first-order valence-corrected chi connectivity index (χ1v) is 9.51. The normalized spacial score (nSPS) is 10.6. The van der Waals surface area contributed by atoms with Crippen molar-refractivity contribution in [3.05, 3.63) is 76.2 Å². The zero-order valence-electron chi connectivity index (χ0n) is 15.3. The summed E-state index contributed by atoms with van der Waals surface area (Å²) in [5.41, 5.74) is 3.24. The quantitative estimate of drug-likeness (QED) is 0.546. The minimum absolute atomic E-state index is 0.138. The molecule has 0 aliphatic heterocycles. The van der Waals surface area contributed by atoms with Gasteiger partial charge in [0.05, 0.1) is 11.3 Å². The summed E-state index contributed by atoms with van der Waals surface area (Å²) in [5.74, 6) is 1.46. The number of nitrogens with one attached hydrogen (secondary N) is 1. The monoisotopic (exact) mass is 391 g/mol. The van der Waals surface area contributed by atoms with Crippen molar-refractivity contribution in [2.45, 2.75) is 13.8 Å². The van der Waals surface area contributed by atoms with Crippen molar-refractivity contribution in [2.75, 3.05) is 5.32 Å². The number of amides is 1. The molecule has 0 saturated heterocycles. The van der Waals surface area contributed by atoms with Gasteiger partial charge in [-0.15, -0.1) is 10.2 Å². The van der Waals surface area contributed by atoms with Crippen LogP contribution in [0.4, 0.5) is 5.69 Å². The van der Waals surface area contributed by atoms with Gasteiger partial charge in [0.2, 0.25) is 5.88 Å². The van der Waals surface area contributed by atoms with Gasteiger partial charge in [0, 0.05) is 22.8 Å². The summed E-state index contributed by atoms with van der Waals surface area (Å²) in [6.45, 7) is 3.89. The molecule has 140 valence electrons. The molecular weight excluding hydrogens is 374 g/mol. The van der Waals surface area contributed by atoms with Crippen LogP contribution in [0.15, 0.2) is 59.3 Å².